The van der Waals surface area contributed by atoms with E-state index in [1.165, 1.54) is 6.08 Å². The van der Waals surface area contributed by atoms with Crippen molar-refractivity contribution in [2.75, 3.05) is 0 Å². The highest BCUT2D eigenvalue weighted by atomic mass is 16.4. The minimum absolute atomic E-state index is 0.438. The summed E-state index contributed by atoms with van der Waals surface area (Å²) >= 11 is 0. The van der Waals surface area contributed by atoms with Crippen LogP contribution in [0.4, 0.5) is 0 Å². The topological polar surface area (TPSA) is 83.6 Å². The maximum Gasteiger partial charge on any atom is 0.331 e. The summed E-state index contributed by atoms with van der Waals surface area (Å²) in [4.78, 5) is 11.1. The van der Waals surface area contributed by atoms with Crippen molar-refractivity contribution in [1.82, 2.24) is 0 Å². The van der Waals surface area contributed by atoms with Crippen LogP contribution < -0.4 is 5.73 Å². The van der Waals surface area contributed by atoms with Gasteiger partial charge in [-0.1, -0.05) is 36.4 Å². The summed E-state index contributed by atoms with van der Waals surface area (Å²) in [6, 6.07) is 6.89. The third kappa shape index (κ3) is 1.26. The van der Waals surface area contributed by atoms with E-state index in [1.54, 1.807) is 30.3 Å². The Labute approximate surface area is 86.7 Å². The SMILES string of the molecule is NC1(C(=O)O)c2ccccc2C=CC1O. The highest BCUT2D eigenvalue weighted by molar-refractivity contribution is 5.85. The molecule has 15 heavy (non-hydrogen) atoms. The Morgan fingerprint density at radius 1 is 1.40 bits per heavy atom. The van der Waals surface area contributed by atoms with Gasteiger partial charge in [0.05, 0.1) is 0 Å². The molecule has 0 aliphatic heterocycles. The lowest BCUT2D eigenvalue weighted by Crippen LogP contribution is -2.55. The fourth-order valence-electron chi connectivity index (χ4n) is 1.77. The fourth-order valence-corrected chi connectivity index (χ4v) is 1.77. The summed E-state index contributed by atoms with van der Waals surface area (Å²) in [6.45, 7) is 0. The van der Waals surface area contributed by atoms with Crippen LogP contribution in [-0.2, 0) is 10.3 Å². The van der Waals surface area contributed by atoms with Gasteiger partial charge in [-0.3, -0.25) is 0 Å². The molecule has 0 saturated heterocycles. The van der Waals surface area contributed by atoms with Crippen LogP contribution >= 0.6 is 0 Å². The molecule has 2 atom stereocenters. The zero-order chi connectivity index (χ0) is 11.1. The molecule has 0 fully saturated rings. The number of carbonyl (C=O) groups is 1. The molecule has 1 aliphatic carbocycles. The van der Waals surface area contributed by atoms with Crippen molar-refractivity contribution in [1.29, 1.82) is 0 Å². The Morgan fingerprint density at radius 2 is 2.07 bits per heavy atom. The van der Waals surface area contributed by atoms with Crippen molar-refractivity contribution >= 4 is 12.0 Å². The van der Waals surface area contributed by atoms with Gasteiger partial charge in [0.15, 0.2) is 5.54 Å². The smallest absolute Gasteiger partial charge is 0.331 e. The standard InChI is InChI=1S/C11H11NO3/c12-11(10(14)15)8-4-2-1-3-7(8)5-6-9(11)13/h1-6,9,13H,12H2,(H,14,15). The first-order valence-electron chi connectivity index (χ1n) is 4.55. The molecular formula is C11H11NO3. The second-order valence-corrected chi connectivity index (χ2v) is 3.57. The van der Waals surface area contributed by atoms with Crippen LogP contribution in [0.15, 0.2) is 30.3 Å². The van der Waals surface area contributed by atoms with Gasteiger partial charge in [0, 0.05) is 0 Å². The first-order valence-corrected chi connectivity index (χ1v) is 4.55. The second kappa shape index (κ2) is 3.18. The van der Waals surface area contributed by atoms with Crippen molar-refractivity contribution in [3.63, 3.8) is 0 Å². The van der Waals surface area contributed by atoms with E-state index in [4.69, 9.17) is 10.8 Å². The number of benzene rings is 1. The van der Waals surface area contributed by atoms with Gasteiger partial charge >= 0.3 is 5.97 Å². The lowest BCUT2D eigenvalue weighted by molar-refractivity contribution is -0.147. The number of carboxylic acids is 1. The first kappa shape index (κ1) is 9.89. The van der Waals surface area contributed by atoms with E-state index >= 15 is 0 Å². The van der Waals surface area contributed by atoms with E-state index < -0.39 is 17.6 Å². The van der Waals surface area contributed by atoms with Gasteiger partial charge in [0.25, 0.3) is 0 Å². The zero-order valence-corrected chi connectivity index (χ0v) is 7.92. The Balaban J connectivity index is 2.66. The maximum atomic E-state index is 11.1. The number of fused-ring (bicyclic) bond motifs is 1. The van der Waals surface area contributed by atoms with Crippen LogP contribution in [0, 0.1) is 0 Å². The minimum Gasteiger partial charge on any atom is -0.480 e. The second-order valence-electron chi connectivity index (χ2n) is 3.57. The van der Waals surface area contributed by atoms with Gasteiger partial charge in [-0.05, 0) is 11.1 Å². The van der Waals surface area contributed by atoms with E-state index in [0.717, 1.165) is 5.56 Å². The molecule has 0 amide bonds. The zero-order valence-electron chi connectivity index (χ0n) is 7.92. The van der Waals surface area contributed by atoms with Crippen LogP contribution in [0.1, 0.15) is 11.1 Å². The van der Waals surface area contributed by atoms with Crippen molar-refractivity contribution in [3.05, 3.63) is 41.5 Å². The first-order chi connectivity index (χ1) is 7.06. The Bertz CT molecular complexity index is 441. The van der Waals surface area contributed by atoms with Gasteiger partial charge in [0.2, 0.25) is 0 Å². The van der Waals surface area contributed by atoms with Gasteiger partial charge in [0.1, 0.15) is 6.10 Å². The molecule has 1 aromatic carbocycles. The van der Waals surface area contributed by atoms with Crippen LogP contribution in [0.25, 0.3) is 6.08 Å². The van der Waals surface area contributed by atoms with E-state index in [9.17, 15) is 9.90 Å². The Hall–Kier alpha value is -1.65. The minimum atomic E-state index is -1.74. The molecule has 0 spiro atoms. The number of nitrogens with two attached hydrogens (primary N) is 1. The predicted octanol–water partition coefficient (Wildman–Crippen LogP) is 0.313. The summed E-state index contributed by atoms with van der Waals surface area (Å²) in [5, 5.41) is 18.7. The molecule has 78 valence electrons. The third-order valence-corrected chi connectivity index (χ3v) is 2.68. The van der Waals surface area contributed by atoms with Crippen molar-refractivity contribution < 1.29 is 15.0 Å². The highest BCUT2D eigenvalue weighted by Crippen LogP contribution is 2.31. The van der Waals surface area contributed by atoms with Crippen molar-refractivity contribution in [3.8, 4) is 0 Å². The lowest BCUT2D eigenvalue weighted by Gasteiger charge is -2.32. The molecule has 2 rings (SSSR count). The summed E-state index contributed by atoms with van der Waals surface area (Å²) < 4.78 is 0. The number of aliphatic hydroxyl groups is 1. The van der Waals surface area contributed by atoms with E-state index in [2.05, 4.69) is 0 Å². The molecule has 0 radical (unpaired) electrons. The molecule has 1 aromatic rings. The number of hydrogen-bond donors (Lipinski definition) is 3. The predicted molar refractivity (Wildman–Crippen MR) is 55.0 cm³/mol. The van der Waals surface area contributed by atoms with E-state index in [0.29, 0.717) is 5.56 Å². The molecule has 2 unspecified atom stereocenters. The average molecular weight is 205 g/mol. The number of aliphatic hydroxyl groups excluding tert-OH is 1. The molecule has 1 aliphatic rings. The van der Waals surface area contributed by atoms with Crippen LogP contribution in [-0.4, -0.2) is 22.3 Å². The molecule has 4 nitrogen and oxygen atoms in total. The summed E-state index contributed by atoms with van der Waals surface area (Å²) in [5.41, 5.74) is 5.18. The average Bonchev–Trinajstić information content (AvgIpc) is 2.23. The van der Waals surface area contributed by atoms with Gasteiger partial charge in [-0.15, -0.1) is 0 Å². The van der Waals surface area contributed by atoms with Crippen molar-refractivity contribution in [2.45, 2.75) is 11.6 Å². The highest BCUT2D eigenvalue weighted by Gasteiger charge is 2.45. The largest absolute Gasteiger partial charge is 0.480 e. The van der Waals surface area contributed by atoms with Gasteiger partial charge in [-0.2, -0.15) is 0 Å². The molecule has 0 saturated carbocycles. The number of aliphatic carboxylic acids is 1. The van der Waals surface area contributed by atoms with E-state index in [-0.39, 0.29) is 0 Å². The van der Waals surface area contributed by atoms with Gasteiger partial charge < -0.3 is 15.9 Å². The number of carboxylic acid groups (broad SMARTS) is 1. The summed E-state index contributed by atoms with van der Waals surface area (Å²) in [5.74, 6) is -1.23. The molecular weight excluding hydrogens is 194 g/mol. The van der Waals surface area contributed by atoms with E-state index in [1.807, 2.05) is 0 Å². The number of rotatable bonds is 1. The summed E-state index contributed by atoms with van der Waals surface area (Å²) in [7, 11) is 0. The number of hydrogen-bond acceptors (Lipinski definition) is 3. The monoisotopic (exact) mass is 205 g/mol. The van der Waals surface area contributed by atoms with Crippen molar-refractivity contribution in [2.24, 2.45) is 5.73 Å². The Kier molecular flexibility index (Phi) is 2.10. The molecule has 0 aromatic heterocycles. The third-order valence-electron chi connectivity index (χ3n) is 2.68. The molecule has 4 heteroatoms. The summed E-state index contributed by atoms with van der Waals surface area (Å²) in [6.07, 6.45) is 1.87. The molecule has 0 heterocycles. The van der Waals surface area contributed by atoms with Gasteiger partial charge in [-0.25, -0.2) is 4.79 Å². The lowest BCUT2D eigenvalue weighted by atomic mass is 9.79. The Morgan fingerprint density at radius 3 is 2.73 bits per heavy atom. The van der Waals surface area contributed by atoms with Crippen LogP contribution in [0.3, 0.4) is 0 Å². The fraction of sp³-hybridized carbons (Fsp3) is 0.182. The molecule has 4 N–H and O–H groups in total. The van der Waals surface area contributed by atoms with Crippen LogP contribution in [0.5, 0.6) is 0 Å². The van der Waals surface area contributed by atoms with Crippen LogP contribution in [0.2, 0.25) is 0 Å². The normalized spacial score (nSPS) is 28.5. The maximum absolute atomic E-state index is 11.1. The molecule has 0 bridgehead atoms. The quantitative estimate of drug-likeness (QED) is 0.616.